The predicted octanol–water partition coefficient (Wildman–Crippen LogP) is 4.06. The SMILES string of the molecule is CCn1nccc1C(=O)N(Cc1ccccn1)c1nc2c(C)cccc2s1. The van der Waals surface area contributed by atoms with Crippen molar-refractivity contribution in [3.8, 4) is 0 Å². The summed E-state index contributed by atoms with van der Waals surface area (Å²) in [7, 11) is 0. The van der Waals surface area contributed by atoms with Gasteiger partial charge < -0.3 is 0 Å². The normalized spacial score (nSPS) is 11.0. The van der Waals surface area contributed by atoms with Gasteiger partial charge in [-0.25, -0.2) is 4.98 Å². The van der Waals surface area contributed by atoms with E-state index < -0.39 is 0 Å². The largest absolute Gasteiger partial charge is 0.278 e. The fraction of sp³-hybridized carbons (Fsp3) is 0.200. The second kappa shape index (κ2) is 7.28. The van der Waals surface area contributed by atoms with Gasteiger partial charge in [0.15, 0.2) is 5.13 Å². The molecular formula is C20H19N5OS. The molecule has 3 heterocycles. The molecule has 4 rings (SSSR count). The van der Waals surface area contributed by atoms with Gasteiger partial charge in [-0.2, -0.15) is 5.10 Å². The highest BCUT2D eigenvalue weighted by Crippen LogP contribution is 2.32. The minimum atomic E-state index is -0.128. The van der Waals surface area contributed by atoms with Crippen LogP contribution in [0, 0.1) is 6.92 Å². The Labute approximate surface area is 161 Å². The lowest BCUT2D eigenvalue weighted by Crippen LogP contribution is -2.32. The molecule has 4 aromatic rings. The minimum Gasteiger partial charge on any atom is -0.277 e. The number of nitrogens with zero attached hydrogens (tertiary/aromatic N) is 5. The molecule has 0 saturated heterocycles. The Balaban J connectivity index is 1.79. The minimum absolute atomic E-state index is 0.128. The molecule has 3 aromatic heterocycles. The van der Waals surface area contributed by atoms with Crippen molar-refractivity contribution in [2.45, 2.75) is 26.9 Å². The third-order valence-electron chi connectivity index (χ3n) is 4.37. The van der Waals surface area contributed by atoms with Crippen LogP contribution in [0.5, 0.6) is 0 Å². The van der Waals surface area contributed by atoms with E-state index in [0.29, 0.717) is 23.9 Å². The fourth-order valence-corrected chi connectivity index (χ4v) is 4.02. The molecule has 1 amide bonds. The van der Waals surface area contributed by atoms with Gasteiger partial charge in [-0.15, -0.1) is 0 Å². The number of carbonyl (C=O) groups is 1. The second-order valence-electron chi connectivity index (χ2n) is 6.16. The number of anilines is 1. The molecule has 0 aliphatic rings. The first-order chi connectivity index (χ1) is 13.2. The highest BCUT2D eigenvalue weighted by molar-refractivity contribution is 7.22. The first-order valence-corrected chi connectivity index (χ1v) is 9.58. The molecule has 0 atom stereocenters. The molecule has 0 fully saturated rings. The number of aryl methyl sites for hydroxylation is 2. The molecule has 0 spiro atoms. The average molecular weight is 377 g/mol. The zero-order chi connectivity index (χ0) is 18.8. The van der Waals surface area contributed by atoms with Crippen LogP contribution in [0.25, 0.3) is 10.2 Å². The third kappa shape index (κ3) is 3.33. The van der Waals surface area contributed by atoms with Crippen LogP contribution in [0.2, 0.25) is 0 Å². The number of para-hydroxylation sites is 1. The quantitative estimate of drug-likeness (QED) is 0.526. The van der Waals surface area contributed by atoms with Gasteiger partial charge in [-0.1, -0.05) is 29.5 Å². The highest BCUT2D eigenvalue weighted by Gasteiger charge is 2.25. The lowest BCUT2D eigenvalue weighted by Gasteiger charge is -2.19. The topological polar surface area (TPSA) is 63.9 Å². The number of hydrogen-bond acceptors (Lipinski definition) is 5. The molecular weight excluding hydrogens is 358 g/mol. The number of rotatable bonds is 5. The first kappa shape index (κ1) is 17.4. The molecule has 0 aliphatic heterocycles. The van der Waals surface area contributed by atoms with Crippen LogP contribution < -0.4 is 4.90 Å². The van der Waals surface area contributed by atoms with Crippen LogP contribution in [0.1, 0.15) is 28.7 Å². The molecule has 6 nitrogen and oxygen atoms in total. The van der Waals surface area contributed by atoms with Gasteiger partial charge in [-0.3, -0.25) is 19.4 Å². The number of hydrogen-bond donors (Lipinski definition) is 0. The van der Waals surface area contributed by atoms with Crippen molar-refractivity contribution in [2.24, 2.45) is 0 Å². The highest BCUT2D eigenvalue weighted by atomic mass is 32.1. The summed E-state index contributed by atoms with van der Waals surface area (Å²) in [5.74, 6) is -0.128. The van der Waals surface area contributed by atoms with Crippen molar-refractivity contribution in [1.82, 2.24) is 19.7 Å². The zero-order valence-electron chi connectivity index (χ0n) is 15.2. The van der Waals surface area contributed by atoms with Crippen LogP contribution in [0.3, 0.4) is 0 Å². The fourth-order valence-electron chi connectivity index (χ4n) is 2.97. The number of aromatic nitrogens is 4. The van der Waals surface area contributed by atoms with Gasteiger partial charge in [0.25, 0.3) is 5.91 Å². The summed E-state index contributed by atoms with van der Waals surface area (Å²) in [6.07, 6.45) is 3.38. The lowest BCUT2D eigenvalue weighted by atomic mass is 10.2. The molecule has 1 aromatic carbocycles. The van der Waals surface area contributed by atoms with Crippen LogP contribution >= 0.6 is 11.3 Å². The molecule has 136 valence electrons. The number of benzene rings is 1. The summed E-state index contributed by atoms with van der Waals surface area (Å²) < 4.78 is 2.76. The van der Waals surface area contributed by atoms with E-state index in [1.807, 2.05) is 50.2 Å². The van der Waals surface area contributed by atoms with Gasteiger partial charge in [0.1, 0.15) is 5.69 Å². The molecule has 0 unspecified atom stereocenters. The van der Waals surface area contributed by atoms with Crippen LogP contribution in [0.15, 0.2) is 54.9 Å². The summed E-state index contributed by atoms with van der Waals surface area (Å²) in [4.78, 5) is 24.2. The maximum atomic E-state index is 13.4. The van der Waals surface area contributed by atoms with Crippen molar-refractivity contribution < 1.29 is 4.79 Å². The summed E-state index contributed by atoms with van der Waals surface area (Å²) in [6.45, 7) is 4.98. The van der Waals surface area contributed by atoms with E-state index in [0.717, 1.165) is 21.5 Å². The molecule has 0 N–H and O–H groups in total. The Morgan fingerprint density at radius 3 is 2.78 bits per heavy atom. The third-order valence-corrected chi connectivity index (χ3v) is 5.41. The Hall–Kier alpha value is -3.06. The predicted molar refractivity (Wildman–Crippen MR) is 107 cm³/mol. The van der Waals surface area contributed by atoms with E-state index in [4.69, 9.17) is 4.98 Å². The maximum Gasteiger partial charge on any atom is 0.278 e. The number of carbonyl (C=O) groups excluding carboxylic acids is 1. The Bertz CT molecular complexity index is 1090. The Morgan fingerprint density at radius 1 is 1.15 bits per heavy atom. The number of thiazole rings is 1. The Kier molecular flexibility index (Phi) is 4.68. The van der Waals surface area contributed by atoms with Gasteiger partial charge in [-0.05, 0) is 43.7 Å². The molecule has 7 heteroatoms. The average Bonchev–Trinajstić information content (AvgIpc) is 3.34. The molecule has 0 saturated carbocycles. The molecule has 27 heavy (non-hydrogen) atoms. The zero-order valence-corrected chi connectivity index (χ0v) is 16.0. The number of fused-ring (bicyclic) bond motifs is 1. The van der Waals surface area contributed by atoms with E-state index in [1.54, 1.807) is 28.0 Å². The monoisotopic (exact) mass is 377 g/mol. The van der Waals surface area contributed by atoms with E-state index in [2.05, 4.69) is 10.1 Å². The van der Waals surface area contributed by atoms with E-state index in [-0.39, 0.29) is 5.91 Å². The summed E-state index contributed by atoms with van der Waals surface area (Å²) in [5.41, 5.74) is 3.38. The van der Waals surface area contributed by atoms with E-state index in [1.165, 1.54) is 11.3 Å². The molecule has 0 bridgehead atoms. The number of amides is 1. The van der Waals surface area contributed by atoms with Crippen molar-refractivity contribution >= 4 is 32.6 Å². The van der Waals surface area contributed by atoms with Gasteiger partial charge >= 0.3 is 0 Å². The maximum absolute atomic E-state index is 13.4. The summed E-state index contributed by atoms with van der Waals surface area (Å²) in [5, 5.41) is 4.90. The second-order valence-corrected chi connectivity index (χ2v) is 7.17. The van der Waals surface area contributed by atoms with Crippen LogP contribution in [-0.4, -0.2) is 25.7 Å². The summed E-state index contributed by atoms with van der Waals surface area (Å²) >= 11 is 1.51. The van der Waals surface area contributed by atoms with E-state index >= 15 is 0 Å². The molecule has 0 aliphatic carbocycles. The van der Waals surface area contributed by atoms with Gasteiger partial charge in [0, 0.05) is 18.9 Å². The van der Waals surface area contributed by atoms with Crippen molar-refractivity contribution in [3.63, 3.8) is 0 Å². The van der Waals surface area contributed by atoms with Crippen molar-refractivity contribution in [3.05, 3.63) is 71.8 Å². The van der Waals surface area contributed by atoms with Crippen molar-refractivity contribution in [1.29, 1.82) is 0 Å². The van der Waals surface area contributed by atoms with E-state index in [9.17, 15) is 4.79 Å². The molecule has 0 radical (unpaired) electrons. The Morgan fingerprint density at radius 2 is 2.04 bits per heavy atom. The number of pyridine rings is 1. The van der Waals surface area contributed by atoms with Gasteiger partial charge in [0.2, 0.25) is 0 Å². The van der Waals surface area contributed by atoms with Crippen LogP contribution in [0.4, 0.5) is 5.13 Å². The van der Waals surface area contributed by atoms with Crippen LogP contribution in [-0.2, 0) is 13.1 Å². The summed E-state index contributed by atoms with van der Waals surface area (Å²) in [6, 6.07) is 13.5. The first-order valence-electron chi connectivity index (χ1n) is 8.77. The smallest absolute Gasteiger partial charge is 0.277 e. The lowest BCUT2D eigenvalue weighted by molar-refractivity contribution is 0.0974. The standard InChI is InChI=1S/C20H19N5OS/c1-3-25-16(10-12-22-25)19(26)24(13-15-8-4-5-11-21-15)20-23-18-14(2)7-6-9-17(18)27-20/h4-12H,3,13H2,1-2H3. The van der Waals surface area contributed by atoms with Crippen molar-refractivity contribution in [2.75, 3.05) is 4.90 Å². The van der Waals surface area contributed by atoms with Gasteiger partial charge in [0.05, 0.1) is 22.5 Å².